The molecule has 0 amide bonds. The van der Waals surface area contributed by atoms with Crippen LogP contribution < -0.4 is 5.73 Å². The van der Waals surface area contributed by atoms with Gasteiger partial charge in [0, 0.05) is 18.4 Å². The molecule has 10 heavy (non-hydrogen) atoms. The molecule has 0 aromatic carbocycles. The maximum Gasteiger partial charge on any atom is 0.0438 e. The van der Waals surface area contributed by atoms with Gasteiger partial charge in [0.1, 0.15) is 0 Å². The molecule has 0 heterocycles. The molecule has 2 nitrogen and oxygen atoms in total. The van der Waals surface area contributed by atoms with Crippen LogP contribution in [0.15, 0.2) is 0 Å². The number of nitrogens with two attached hydrogens (primary N) is 1. The summed E-state index contributed by atoms with van der Waals surface area (Å²) < 4.78 is 0. The van der Waals surface area contributed by atoms with Gasteiger partial charge in [0.25, 0.3) is 0 Å². The first-order valence-corrected chi connectivity index (χ1v) is 4.91. The van der Waals surface area contributed by atoms with Crippen LogP contribution in [0.3, 0.4) is 0 Å². The zero-order chi connectivity index (χ0) is 7.82. The van der Waals surface area contributed by atoms with Crippen LogP contribution in [0.5, 0.6) is 0 Å². The molecular formula is C7H17NOS. The van der Waals surface area contributed by atoms with E-state index < -0.39 is 0 Å². The lowest BCUT2D eigenvalue weighted by Crippen LogP contribution is -2.21. The van der Waals surface area contributed by atoms with Crippen LogP contribution in [0.4, 0.5) is 0 Å². The van der Waals surface area contributed by atoms with Crippen LogP contribution in [0.2, 0.25) is 0 Å². The lowest BCUT2D eigenvalue weighted by Gasteiger charge is -2.06. The summed E-state index contributed by atoms with van der Waals surface area (Å²) in [6.07, 6.45) is 1.94. The van der Waals surface area contributed by atoms with Gasteiger partial charge in [0.15, 0.2) is 0 Å². The molecular weight excluding hydrogens is 146 g/mol. The van der Waals surface area contributed by atoms with Crippen molar-refractivity contribution in [2.45, 2.75) is 25.8 Å². The fourth-order valence-electron chi connectivity index (χ4n) is 0.519. The van der Waals surface area contributed by atoms with Gasteiger partial charge in [-0.2, -0.15) is 11.8 Å². The van der Waals surface area contributed by atoms with Gasteiger partial charge in [-0.05, 0) is 18.6 Å². The van der Waals surface area contributed by atoms with Crippen molar-refractivity contribution in [1.82, 2.24) is 0 Å². The van der Waals surface area contributed by atoms with Gasteiger partial charge in [0.2, 0.25) is 0 Å². The number of hydrogen-bond donors (Lipinski definition) is 2. The zero-order valence-corrected chi connectivity index (χ0v) is 7.36. The third-order valence-corrected chi connectivity index (χ3v) is 2.54. The van der Waals surface area contributed by atoms with E-state index >= 15 is 0 Å². The van der Waals surface area contributed by atoms with Crippen molar-refractivity contribution in [1.29, 1.82) is 0 Å². The van der Waals surface area contributed by atoms with E-state index in [9.17, 15) is 0 Å². The molecule has 0 aliphatic rings. The van der Waals surface area contributed by atoms with E-state index in [0.29, 0.717) is 12.6 Å². The standard InChI is InChI=1S/C7H17NOS/c1-2-7(8)6-10-5-3-4-9/h7,9H,2-6,8H2,1H3. The van der Waals surface area contributed by atoms with Gasteiger partial charge < -0.3 is 10.8 Å². The fraction of sp³-hybridized carbons (Fsp3) is 1.00. The molecule has 0 spiro atoms. The second-order valence-corrected chi connectivity index (χ2v) is 3.47. The van der Waals surface area contributed by atoms with Crippen LogP contribution in [-0.4, -0.2) is 29.3 Å². The minimum atomic E-state index is 0.300. The van der Waals surface area contributed by atoms with Crippen LogP contribution in [0.1, 0.15) is 19.8 Å². The summed E-state index contributed by atoms with van der Waals surface area (Å²) >= 11 is 1.83. The highest BCUT2D eigenvalue weighted by atomic mass is 32.2. The number of aliphatic hydroxyl groups excluding tert-OH is 1. The van der Waals surface area contributed by atoms with Gasteiger partial charge >= 0.3 is 0 Å². The van der Waals surface area contributed by atoms with Crippen LogP contribution in [0, 0.1) is 0 Å². The molecule has 3 N–H and O–H groups in total. The predicted octanol–water partition coefficient (Wildman–Crippen LogP) is 0.839. The number of aliphatic hydroxyl groups is 1. The molecule has 0 aromatic heterocycles. The number of thioether (sulfide) groups is 1. The number of rotatable bonds is 6. The van der Waals surface area contributed by atoms with Gasteiger partial charge in [-0.3, -0.25) is 0 Å². The largest absolute Gasteiger partial charge is 0.396 e. The SMILES string of the molecule is CCC(N)CSCCCO. The highest BCUT2D eigenvalue weighted by Crippen LogP contribution is 2.04. The fourth-order valence-corrected chi connectivity index (χ4v) is 1.56. The molecule has 0 aliphatic carbocycles. The van der Waals surface area contributed by atoms with E-state index in [0.717, 1.165) is 24.3 Å². The average molecular weight is 163 g/mol. The van der Waals surface area contributed by atoms with E-state index in [2.05, 4.69) is 6.92 Å². The Hall–Kier alpha value is 0.270. The smallest absolute Gasteiger partial charge is 0.0438 e. The van der Waals surface area contributed by atoms with E-state index in [1.807, 2.05) is 11.8 Å². The minimum absolute atomic E-state index is 0.300. The second-order valence-electron chi connectivity index (χ2n) is 2.32. The molecule has 0 saturated heterocycles. The van der Waals surface area contributed by atoms with Gasteiger partial charge in [0.05, 0.1) is 0 Å². The maximum atomic E-state index is 8.44. The number of hydrogen-bond acceptors (Lipinski definition) is 3. The van der Waals surface area contributed by atoms with Crippen molar-refractivity contribution < 1.29 is 5.11 Å². The Morgan fingerprint density at radius 1 is 1.60 bits per heavy atom. The Labute approximate surface area is 67.2 Å². The summed E-state index contributed by atoms with van der Waals surface area (Å²) in [6.45, 7) is 2.39. The first kappa shape index (κ1) is 10.3. The van der Waals surface area contributed by atoms with Crippen molar-refractivity contribution in [3.63, 3.8) is 0 Å². The second kappa shape index (κ2) is 7.38. The van der Waals surface area contributed by atoms with Crippen LogP contribution in [-0.2, 0) is 0 Å². The van der Waals surface area contributed by atoms with Crippen molar-refractivity contribution in [3.05, 3.63) is 0 Å². The van der Waals surface area contributed by atoms with E-state index in [1.54, 1.807) is 0 Å². The molecule has 62 valence electrons. The van der Waals surface area contributed by atoms with Crippen molar-refractivity contribution in [2.75, 3.05) is 18.1 Å². The molecule has 0 saturated carbocycles. The summed E-state index contributed by atoms with van der Waals surface area (Å²) in [5, 5.41) is 8.44. The van der Waals surface area contributed by atoms with Crippen molar-refractivity contribution in [3.8, 4) is 0 Å². The Morgan fingerprint density at radius 2 is 2.30 bits per heavy atom. The first-order chi connectivity index (χ1) is 4.81. The first-order valence-electron chi connectivity index (χ1n) is 3.75. The molecule has 0 aliphatic heterocycles. The lowest BCUT2D eigenvalue weighted by atomic mass is 10.3. The summed E-state index contributed by atoms with van der Waals surface area (Å²) in [4.78, 5) is 0. The van der Waals surface area contributed by atoms with Gasteiger partial charge in [-0.25, -0.2) is 0 Å². The molecule has 0 aromatic rings. The van der Waals surface area contributed by atoms with Crippen LogP contribution in [0.25, 0.3) is 0 Å². The van der Waals surface area contributed by atoms with E-state index in [-0.39, 0.29) is 0 Å². The normalized spacial score (nSPS) is 13.5. The molecule has 0 fully saturated rings. The molecule has 1 atom stereocenters. The Balaban J connectivity index is 2.89. The molecule has 0 rings (SSSR count). The Bertz CT molecular complexity index is 70.6. The summed E-state index contributed by atoms with van der Waals surface area (Å²) in [5.74, 6) is 2.06. The van der Waals surface area contributed by atoms with Crippen molar-refractivity contribution in [2.24, 2.45) is 5.73 Å². The Morgan fingerprint density at radius 3 is 2.80 bits per heavy atom. The quantitative estimate of drug-likeness (QED) is 0.570. The summed E-state index contributed by atoms with van der Waals surface area (Å²) in [6, 6.07) is 0.337. The Kier molecular flexibility index (Phi) is 7.58. The van der Waals surface area contributed by atoms with Crippen molar-refractivity contribution >= 4 is 11.8 Å². The highest BCUT2D eigenvalue weighted by molar-refractivity contribution is 7.99. The molecule has 3 heteroatoms. The van der Waals surface area contributed by atoms with Crippen LogP contribution >= 0.6 is 11.8 Å². The third-order valence-electron chi connectivity index (χ3n) is 1.30. The molecule has 1 unspecified atom stereocenters. The van der Waals surface area contributed by atoms with E-state index in [1.165, 1.54) is 0 Å². The third kappa shape index (κ3) is 6.39. The minimum Gasteiger partial charge on any atom is -0.396 e. The summed E-state index contributed by atoms with van der Waals surface area (Å²) in [5.41, 5.74) is 5.67. The van der Waals surface area contributed by atoms with Gasteiger partial charge in [-0.1, -0.05) is 6.92 Å². The molecule has 0 bridgehead atoms. The average Bonchev–Trinajstić information content (AvgIpc) is 1.98. The lowest BCUT2D eigenvalue weighted by molar-refractivity contribution is 0.296. The zero-order valence-electron chi connectivity index (χ0n) is 6.55. The summed E-state index contributed by atoms with van der Waals surface area (Å²) in [7, 11) is 0. The predicted molar refractivity (Wildman–Crippen MR) is 47.3 cm³/mol. The highest BCUT2D eigenvalue weighted by Gasteiger charge is 1.97. The van der Waals surface area contributed by atoms with E-state index in [4.69, 9.17) is 10.8 Å². The topological polar surface area (TPSA) is 46.2 Å². The monoisotopic (exact) mass is 163 g/mol. The van der Waals surface area contributed by atoms with Gasteiger partial charge in [-0.15, -0.1) is 0 Å². The maximum absolute atomic E-state index is 8.44. The molecule has 0 radical (unpaired) electrons.